The van der Waals surface area contributed by atoms with Gasteiger partial charge < -0.3 is 10.2 Å². The molecule has 0 unspecified atom stereocenters. The third kappa shape index (κ3) is 4.27. The van der Waals surface area contributed by atoms with Crippen molar-refractivity contribution in [2.45, 2.75) is 27.7 Å². The van der Waals surface area contributed by atoms with Crippen LogP contribution in [0, 0.1) is 13.8 Å². The molecular formula is C28H29N3O2. The number of nitrogens with one attached hydrogen (secondary N) is 1. The minimum atomic E-state index is -0.352. The Morgan fingerprint density at radius 3 is 2.06 bits per heavy atom. The number of rotatable bonds is 7. The van der Waals surface area contributed by atoms with Crippen molar-refractivity contribution in [3.63, 3.8) is 0 Å². The van der Waals surface area contributed by atoms with Gasteiger partial charge in [-0.25, -0.2) is 4.90 Å². The third-order valence-electron chi connectivity index (χ3n) is 6.16. The molecule has 33 heavy (non-hydrogen) atoms. The lowest BCUT2D eigenvalue weighted by atomic mass is 10.0. The second kappa shape index (κ2) is 9.33. The molecule has 0 bridgehead atoms. The highest BCUT2D eigenvalue weighted by molar-refractivity contribution is 6.46. The van der Waals surface area contributed by atoms with Crippen LogP contribution in [0.25, 0.3) is 5.57 Å². The van der Waals surface area contributed by atoms with Crippen LogP contribution in [0.1, 0.15) is 30.5 Å². The molecule has 2 amide bonds. The molecule has 168 valence electrons. The number of benzene rings is 3. The quantitative estimate of drug-likeness (QED) is 0.491. The van der Waals surface area contributed by atoms with Crippen LogP contribution in [-0.4, -0.2) is 24.9 Å². The van der Waals surface area contributed by atoms with E-state index in [0.717, 1.165) is 35.6 Å². The van der Waals surface area contributed by atoms with Crippen molar-refractivity contribution < 1.29 is 9.59 Å². The lowest BCUT2D eigenvalue weighted by Crippen LogP contribution is -2.32. The van der Waals surface area contributed by atoms with Crippen LogP contribution in [0.3, 0.4) is 0 Å². The number of aryl methyl sites for hydroxylation is 2. The zero-order valence-corrected chi connectivity index (χ0v) is 19.6. The van der Waals surface area contributed by atoms with Gasteiger partial charge in [0.15, 0.2) is 0 Å². The highest BCUT2D eigenvalue weighted by Gasteiger charge is 2.40. The molecule has 1 aliphatic rings. The van der Waals surface area contributed by atoms with Gasteiger partial charge in [-0.3, -0.25) is 9.59 Å². The Labute approximate surface area is 195 Å². The molecule has 1 N–H and O–H groups in total. The van der Waals surface area contributed by atoms with Gasteiger partial charge in [0.25, 0.3) is 11.8 Å². The minimum Gasteiger partial charge on any atom is -0.372 e. The van der Waals surface area contributed by atoms with E-state index in [9.17, 15) is 9.59 Å². The summed E-state index contributed by atoms with van der Waals surface area (Å²) >= 11 is 0. The van der Waals surface area contributed by atoms with Crippen LogP contribution in [0.4, 0.5) is 17.1 Å². The summed E-state index contributed by atoms with van der Waals surface area (Å²) in [5.74, 6) is -0.674. The molecule has 1 heterocycles. The maximum absolute atomic E-state index is 13.5. The predicted molar refractivity (Wildman–Crippen MR) is 135 cm³/mol. The topological polar surface area (TPSA) is 52.7 Å². The Bertz CT molecular complexity index is 1210. The molecule has 0 saturated carbocycles. The number of hydrogen-bond acceptors (Lipinski definition) is 4. The summed E-state index contributed by atoms with van der Waals surface area (Å²) in [7, 11) is 0. The number of amides is 2. The van der Waals surface area contributed by atoms with Crippen molar-refractivity contribution in [1.82, 2.24) is 0 Å². The molecule has 0 saturated heterocycles. The molecule has 3 aromatic carbocycles. The Hall–Kier alpha value is -3.86. The maximum Gasteiger partial charge on any atom is 0.282 e. The van der Waals surface area contributed by atoms with Gasteiger partial charge in [-0.15, -0.1) is 0 Å². The molecule has 5 heteroatoms. The van der Waals surface area contributed by atoms with E-state index in [1.165, 1.54) is 4.90 Å². The number of hydrogen-bond donors (Lipinski definition) is 1. The molecule has 1 aliphatic heterocycles. The van der Waals surface area contributed by atoms with Crippen molar-refractivity contribution in [2.75, 3.05) is 28.2 Å². The normalized spacial score (nSPS) is 13.6. The molecule has 3 aromatic rings. The first-order valence-corrected chi connectivity index (χ1v) is 11.3. The molecule has 0 aromatic heterocycles. The Morgan fingerprint density at radius 1 is 0.788 bits per heavy atom. The first-order chi connectivity index (χ1) is 15.9. The average Bonchev–Trinajstić information content (AvgIpc) is 3.07. The molecule has 0 spiro atoms. The first-order valence-electron chi connectivity index (χ1n) is 11.3. The van der Waals surface area contributed by atoms with Gasteiger partial charge in [0.1, 0.15) is 5.70 Å². The van der Waals surface area contributed by atoms with E-state index in [1.807, 2.05) is 86.6 Å². The largest absolute Gasteiger partial charge is 0.372 e. The summed E-state index contributed by atoms with van der Waals surface area (Å²) in [6.45, 7) is 10.1. The predicted octanol–water partition coefficient (Wildman–Crippen LogP) is 5.55. The first kappa shape index (κ1) is 22.3. The second-order valence-corrected chi connectivity index (χ2v) is 8.17. The van der Waals surface area contributed by atoms with Crippen molar-refractivity contribution in [3.05, 3.63) is 95.2 Å². The summed E-state index contributed by atoms with van der Waals surface area (Å²) in [5.41, 5.74) is 5.99. The fourth-order valence-electron chi connectivity index (χ4n) is 4.11. The lowest BCUT2D eigenvalue weighted by molar-refractivity contribution is -0.120. The highest BCUT2D eigenvalue weighted by atomic mass is 16.2. The molecule has 4 rings (SSSR count). The number of imide groups is 1. The van der Waals surface area contributed by atoms with Crippen LogP contribution in [0.5, 0.6) is 0 Å². The van der Waals surface area contributed by atoms with Gasteiger partial charge in [0.05, 0.1) is 11.3 Å². The van der Waals surface area contributed by atoms with E-state index in [4.69, 9.17) is 0 Å². The van der Waals surface area contributed by atoms with E-state index in [-0.39, 0.29) is 11.8 Å². The van der Waals surface area contributed by atoms with E-state index in [0.29, 0.717) is 22.5 Å². The fourth-order valence-corrected chi connectivity index (χ4v) is 4.11. The van der Waals surface area contributed by atoms with Gasteiger partial charge in [0.2, 0.25) is 0 Å². The van der Waals surface area contributed by atoms with Crippen LogP contribution in [0.2, 0.25) is 0 Å². The lowest BCUT2D eigenvalue weighted by Gasteiger charge is -2.21. The standard InChI is InChI=1S/C28H29N3O2/c1-5-30(6-2)23-16-13-22(14-17-23)29-26-25(21-10-8-7-9-11-21)27(32)31(28(26)33)24-15-12-19(3)20(4)18-24/h7-18,29H,5-6H2,1-4H3. The number of nitrogens with zero attached hydrogens (tertiary/aromatic N) is 2. The number of anilines is 3. The summed E-state index contributed by atoms with van der Waals surface area (Å²) in [6, 6.07) is 22.9. The van der Waals surface area contributed by atoms with Crippen LogP contribution >= 0.6 is 0 Å². The zero-order chi connectivity index (χ0) is 23.5. The Balaban J connectivity index is 1.73. The minimum absolute atomic E-state index is 0.292. The number of carbonyl (C=O) groups excluding carboxylic acids is 2. The molecular weight excluding hydrogens is 410 g/mol. The monoisotopic (exact) mass is 439 g/mol. The maximum atomic E-state index is 13.5. The van der Waals surface area contributed by atoms with Gasteiger partial charge in [-0.1, -0.05) is 36.4 Å². The molecule has 0 aliphatic carbocycles. The van der Waals surface area contributed by atoms with Crippen LogP contribution in [0.15, 0.2) is 78.5 Å². The van der Waals surface area contributed by atoms with Crippen molar-refractivity contribution in [2.24, 2.45) is 0 Å². The molecule has 0 atom stereocenters. The number of carbonyl (C=O) groups is 2. The van der Waals surface area contributed by atoms with E-state index < -0.39 is 0 Å². The summed E-state index contributed by atoms with van der Waals surface area (Å²) < 4.78 is 0. The zero-order valence-electron chi connectivity index (χ0n) is 19.6. The Kier molecular flexibility index (Phi) is 6.31. The molecule has 0 fully saturated rings. The van der Waals surface area contributed by atoms with Gasteiger partial charge >= 0.3 is 0 Å². The van der Waals surface area contributed by atoms with Gasteiger partial charge in [-0.2, -0.15) is 0 Å². The fraction of sp³-hybridized carbons (Fsp3) is 0.214. The average molecular weight is 440 g/mol. The van der Waals surface area contributed by atoms with Crippen molar-refractivity contribution in [3.8, 4) is 0 Å². The second-order valence-electron chi connectivity index (χ2n) is 8.17. The summed E-state index contributed by atoms with van der Waals surface area (Å²) in [6.07, 6.45) is 0. The van der Waals surface area contributed by atoms with Crippen molar-refractivity contribution in [1.29, 1.82) is 0 Å². The van der Waals surface area contributed by atoms with Crippen LogP contribution in [-0.2, 0) is 9.59 Å². The van der Waals surface area contributed by atoms with Gasteiger partial charge in [-0.05, 0) is 80.8 Å². The summed E-state index contributed by atoms with van der Waals surface area (Å²) in [5, 5.41) is 3.25. The van der Waals surface area contributed by atoms with E-state index >= 15 is 0 Å². The SMILES string of the molecule is CCN(CC)c1ccc(NC2=C(c3ccccc3)C(=O)N(c3ccc(C)c(C)c3)C2=O)cc1. The van der Waals surface area contributed by atoms with E-state index in [1.54, 1.807) is 0 Å². The van der Waals surface area contributed by atoms with Gasteiger partial charge in [0, 0.05) is 24.5 Å². The molecule has 5 nitrogen and oxygen atoms in total. The highest BCUT2D eigenvalue weighted by Crippen LogP contribution is 2.34. The summed E-state index contributed by atoms with van der Waals surface area (Å²) in [4.78, 5) is 30.6. The third-order valence-corrected chi connectivity index (χ3v) is 6.16. The van der Waals surface area contributed by atoms with E-state index in [2.05, 4.69) is 24.1 Å². The van der Waals surface area contributed by atoms with Crippen LogP contribution < -0.4 is 15.1 Å². The Morgan fingerprint density at radius 2 is 1.45 bits per heavy atom. The van der Waals surface area contributed by atoms with Crippen molar-refractivity contribution >= 4 is 34.4 Å². The molecule has 0 radical (unpaired) electrons. The smallest absolute Gasteiger partial charge is 0.282 e.